The van der Waals surface area contributed by atoms with E-state index in [1.807, 2.05) is 88.7 Å². The van der Waals surface area contributed by atoms with Gasteiger partial charge in [0.25, 0.3) is 0 Å². The summed E-state index contributed by atoms with van der Waals surface area (Å²) in [5.41, 5.74) is 2.08. The molecule has 0 aromatic heterocycles. The highest BCUT2D eigenvalue weighted by atomic mass is 16.4. The average Bonchev–Trinajstić information content (AvgIpc) is 3.15. The maximum Gasteiger partial charge on any atom is 0.303 e. The van der Waals surface area contributed by atoms with Gasteiger partial charge in [-0.1, -0.05) is 105 Å². The van der Waals surface area contributed by atoms with Crippen LogP contribution in [0.25, 0.3) is 0 Å². The number of hydrogen-bond acceptors (Lipinski definition) is 6. The normalized spacial score (nSPS) is 18.1. The molecule has 2 aliphatic heterocycles. The number of rotatable bonds is 22. The van der Waals surface area contributed by atoms with Crippen molar-refractivity contribution in [2.24, 2.45) is 0 Å². The van der Waals surface area contributed by atoms with Gasteiger partial charge in [-0.15, -0.1) is 0 Å². The number of carbonyl (C=O) groups is 5. The largest absolute Gasteiger partial charge is 0.481 e. The monoisotopic (exact) mass is 744 g/mol. The third kappa shape index (κ3) is 18.0. The lowest BCUT2D eigenvalue weighted by Gasteiger charge is -2.34. The number of ketones is 1. The summed E-state index contributed by atoms with van der Waals surface area (Å²) in [6.45, 7) is 1.38. The molecule has 2 aliphatic rings. The molecule has 2 heterocycles. The summed E-state index contributed by atoms with van der Waals surface area (Å²) in [6.07, 6.45) is 19.6. The van der Waals surface area contributed by atoms with Crippen molar-refractivity contribution in [3.8, 4) is 0 Å². The fourth-order valence-electron chi connectivity index (χ4n) is 6.95. The second-order valence-electron chi connectivity index (χ2n) is 14.3. The van der Waals surface area contributed by atoms with Crippen LogP contribution in [0.15, 0.2) is 85.0 Å². The van der Waals surface area contributed by atoms with Gasteiger partial charge in [0.05, 0.1) is 18.2 Å². The van der Waals surface area contributed by atoms with Crippen LogP contribution in [-0.4, -0.2) is 85.9 Å². The first kappa shape index (κ1) is 43.8. The number of likely N-dealkylation sites (tertiary alicyclic amines) is 2. The van der Waals surface area contributed by atoms with Crippen molar-refractivity contribution >= 4 is 29.5 Å². The highest BCUT2D eigenvalue weighted by Crippen LogP contribution is 2.22. The zero-order chi connectivity index (χ0) is 39.0. The van der Waals surface area contributed by atoms with Gasteiger partial charge in [0, 0.05) is 51.6 Å². The SMILES string of the molecule is O=C(O)CCCCCCN1C(=O)CCCC1/C=C/C(=O)Cc1ccccc1.O=C(O)CCCCCCN1C(=O)CCCC1/C=C/C(O)Cc1ccccc1. The van der Waals surface area contributed by atoms with Crippen molar-refractivity contribution < 1.29 is 39.3 Å². The van der Waals surface area contributed by atoms with Gasteiger partial charge in [-0.25, -0.2) is 0 Å². The van der Waals surface area contributed by atoms with E-state index in [2.05, 4.69) is 0 Å². The number of piperidine rings is 2. The Hall–Kier alpha value is -4.57. The van der Waals surface area contributed by atoms with Crippen LogP contribution in [0.5, 0.6) is 0 Å². The molecular formula is C44H60N2O8. The molecule has 3 N–H and O–H groups in total. The molecule has 2 amide bonds. The van der Waals surface area contributed by atoms with E-state index >= 15 is 0 Å². The van der Waals surface area contributed by atoms with E-state index < -0.39 is 18.0 Å². The smallest absolute Gasteiger partial charge is 0.303 e. The lowest BCUT2D eigenvalue weighted by molar-refractivity contribution is -0.138. The van der Waals surface area contributed by atoms with Gasteiger partial charge in [-0.3, -0.25) is 24.0 Å². The van der Waals surface area contributed by atoms with E-state index in [1.165, 1.54) is 0 Å². The van der Waals surface area contributed by atoms with Crippen molar-refractivity contribution in [2.75, 3.05) is 13.1 Å². The number of benzene rings is 2. The van der Waals surface area contributed by atoms with Crippen molar-refractivity contribution in [1.29, 1.82) is 0 Å². The molecule has 0 radical (unpaired) electrons. The predicted octanol–water partition coefficient (Wildman–Crippen LogP) is 7.33. The summed E-state index contributed by atoms with van der Waals surface area (Å²) in [7, 11) is 0. The van der Waals surface area contributed by atoms with Crippen LogP contribution in [-0.2, 0) is 36.8 Å². The number of aliphatic carboxylic acids is 2. The molecular weight excluding hydrogens is 684 g/mol. The van der Waals surface area contributed by atoms with E-state index in [-0.39, 0.29) is 42.5 Å². The zero-order valence-corrected chi connectivity index (χ0v) is 31.7. The number of aliphatic hydroxyl groups is 1. The number of amides is 2. The maximum atomic E-state index is 12.3. The molecule has 4 rings (SSSR count). The minimum Gasteiger partial charge on any atom is -0.481 e. The molecule has 0 saturated carbocycles. The lowest BCUT2D eigenvalue weighted by Crippen LogP contribution is -2.43. The van der Waals surface area contributed by atoms with Crippen molar-refractivity contribution in [3.63, 3.8) is 0 Å². The third-order valence-corrected chi connectivity index (χ3v) is 9.87. The maximum absolute atomic E-state index is 12.3. The molecule has 2 aromatic carbocycles. The van der Waals surface area contributed by atoms with Gasteiger partial charge in [0.15, 0.2) is 5.78 Å². The van der Waals surface area contributed by atoms with E-state index in [4.69, 9.17) is 10.2 Å². The van der Waals surface area contributed by atoms with E-state index in [9.17, 15) is 29.1 Å². The highest BCUT2D eigenvalue weighted by Gasteiger charge is 2.27. The first-order valence-corrected chi connectivity index (χ1v) is 19.8. The van der Waals surface area contributed by atoms with E-state index in [0.717, 1.165) is 75.3 Å². The standard InChI is InChI=1S/C22H31NO4.C22H29NO4/c2*24-20(17-18-9-4-3-5-10-18)15-14-19-11-8-12-21(25)23(19)16-7-2-1-6-13-22(26)27/h3-5,9-10,14-15,19-20,24H,1-2,6-8,11-13,16-17H2,(H,26,27);3-5,9-10,14-15,19H,1-2,6-8,11-13,16-17H2,(H,26,27)/b2*15-14+. The summed E-state index contributed by atoms with van der Waals surface area (Å²) >= 11 is 0. The summed E-state index contributed by atoms with van der Waals surface area (Å²) in [5.74, 6) is -1.13. The molecule has 294 valence electrons. The third-order valence-electron chi connectivity index (χ3n) is 9.87. The number of aliphatic hydroxyl groups excluding tert-OH is 1. The van der Waals surface area contributed by atoms with E-state index in [1.54, 1.807) is 6.08 Å². The zero-order valence-electron chi connectivity index (χ0n) is 31.7. The number of carboxylic acids is 2. The van der Waals surface area contributed by atoms with Crippen LogP contribution in [0.1, 0.15) is 114 Å². The number of nitrogens with zero attached hydrogens (tertiary/aromatic N) is 2. The second kappa shape index (κ2) is 25.4. The Bertz CT molecular complexity index is 1490. The molecule has 54 heavy (non-hydrogen) atoms. The number of hydrogen-bond donors (Lipinski definition) is 3. The summed E-state index contributed by atoms with van der Waals surface area (Å²) in [4.78, 5) is 61.6. The summed E-state index contributed by atoms with van der Waals surface area (Å²) in [5, 5.41) is 27.6. The fourth-order valence-corrected chi connectivity index (χ4v) is 6.95. The van der Waals surface area contributed by atoms with Crippen molar-refractivity contribution in [3.05, 3.63) is 96.1 Å². The Morgan fingerprint density at radius 1 is 0.648 bits per heavy atom. The number of unbranched alkanes of at least 4 members (excludes halogenated alkanes) is 6. The molecule has 0 bridgehead atoms. The number of carboxylic acid groups (broad SMARTS) is 2. The van der Waals surface area contributed by atoms with Gasteiger partial charge in [0.1, 0.15) is 0 Å². The first-order chi connectivity index (χ1) is 26.1. The lowest BCUT2D eigenvalue weighted by atomic mass is 9.99. The summed E-state index contributed by atoms with van der Waals surface area (Å²) < 4.78 is 0. The predicted molar refractivity (Wildman–Crippen MR) is 210 cm³/mol. The molecule has 0 spiro atoms. The topological polar surface area (TPSA) is 153 Å². The fraction of sp³-hybridized carbons (Fsp3) is 0.523. The van der Waals surface area contributed by atoms with E-state index in [0.29, 0.717) is 51.6 Å². The number of allylic oxidation sites excluding steroid dienone is 1. The Morgan fingerprint density at radius 2 is 1.11 bits per heavy atom. The van der Waals surface area contributed by atoms with Gasteiger partial charge in [0.2, 0.25) is 11.8 Å². The molecule has 0 aliphatic carbocycles. The van der Waals surface area contributed by atoms with Crippen LogP contribution < -0.4 is 0 Å². The Morgan fingerprint density at radius 3 is 1.61 bits per heavy atom. The van der Waals surface area contributed by atoms with Gasteiger partial charge >= 0.3 is 11.9 Å². The van der Waals surface area contributed by atoms with Gasteiger partial charge in [-0.05, 0) is 68.6 Å². The average molecular weight is 745 g/mol. The summed E-state index contributed by atoms with van der Waals surface area (Å²) in [6, 6.07) is 19.6. The molecule has 3 atom stereocenters. The quantitative estimate of drug-likeness (QED) is 0.0644. The van der Waals surface area contributed by atoms with Crippen LogP contribution in [0, 0.1) is 0 Å². The van der Waals surface area contributed by atoms with Gasteiger partial charge in [-0.2, -0.15) is 0 Å². The van der Waals surface area contributed by atoms with Crippen LogP contribution >= 0.6 is 0 Å². The molecule has 2 fully saturated rings. The Labute approximate surface area is 320 Å². The molecule has 10 heteroatoms. The minimum absolute atomic E-state index is 0.00927. The Balaban J connectivity index is 0.000000290. The highest BCUT2D eigenvalue weighted by molar-refractivity contribution is 5.91. The first-order valence-electron chi connectivity index (χ1n) is 19.8. The molecule has 10 nitrogen and oxygen atoms in total. The molecule has 2 saturated heterocycles. The Kier molecular flexibility index (Phi) is 20.7. The van der Waals surface area contributed by atoms with Crippen molar-refractivity contribution in [1.82, 2.24) is 9.80 Å². The molecule has 2 aromatic rings. The van der Waals surface area contributed by atoms with Gasteiger partial charge < -0.3 is 25.1 Å². The van der Waals surface area contributed by atoms with Crippen LogP contribution in [0.2, 0.25) is 0 Å². The second-order valence-corrected chi connectivity index (χ2v) is 14.3. The minimum atomic E-state index is -0.758. The van der Waals surface area contributed by atoms with Crippen molar-refractivity contribution in [2.45, 2.75) is 134 Å². The number of carbonyl (C=O) groups excluding carboxylic acids is 3. The molecule has 3 unspecified atom stereocenters. The van der Waals surface area contributed by atoms with Crippen LogP contribution in [0.4, 0.5) is 0 Å². The van der Waals surface area contributed by atoms with Crippen LogP contribution in [0.3, 0.4) is 0 Å².